The van der Waals surface area contributed by atoms with Crippen molar-refractivity contribution in [1.82, 2.24) is 5.32 Å². The van der Waals surface area contributed by atoms with Crippen LogP contribution in [0.25, 0.3) is 0 Å². The monoisotopic (exact) mass is 321 g/mol. The summed E-state index contributed by atoms with van der Waals surface area (Å²) in [5.41, 5.74) is 0.00356. The van der Waals surface area contributed by atoms with Crippen LogP contribution < -0.4 is 5.32 Å². The standard InChI is InChI=1S/C17H17ClFNO2/c1-11-8-13(14(18)9-15(11)19)16(21)20-10-17(2,22)12-6-4-3-5-7-12/h3-9,22H,10H2,1-2H3,(H,20,21). The highest BCUT2D eigenvalue weighted by Gasteiger charge is 2.24. The van der Waals surface area contributed by atoms with E-state index in [-0.39, 0.29) is 17.1 Å². The van der Waals surface area contributed by atoms with Crippen molar-refractivity contribution in [1.29, 1.82) is 0 Å². The van der Waals surface area contributed by atoms with E-state index in [9.17, 15) is 14.3 Å². The predicted molar refractivity (Wildman–Crippen MR) is 84.5 cm³/mol. The van der Waals surface area contributed by atoms with Crippen LogP contribution in [-0.4, -0.2) is 17.6 Å². The number of aliphatic hydroxyl groups is 1. The van der Waals surface area contributed by atoms with Gasteiger partial charge in [-0.3, -0.25) is 4.79 Å². The molecule has 0 aliphatic carbocycles. The van der Waals surface area contributed by atoms with E-state index in [1.165, 1.54) is 6.07 Å². The van der Waals surface area contributed by atoms with Crippen LogP contribution in [0.2, 0.25) is 5.02 Å². The van der Waals surface area contributed by atoms with Gasteiger partial charge in [0, 0.05) is 0 Å². The third-order valence-corrected chi connectivity index (χ3v) is 3.79. The van der Waals surface area contributed by atoms with Crippen LogP contribution in [0.5, 0.6) is 0 Å². The summed E-state index contributed by atoms with van der Waals surface area (Å²) in [6.07, 6.45) is 0. The van der Waals surface area contributed by atoms with Crippen molar-refractivity contribution in [3.63, 3.8) is 0 Å². The minimum Gasteiger partial charge on any atom is -0.384 e. The van der Waals surface area contributed by atoms with E-state index in [2.05, 4.69) is 5.32 Å². The summed E-state index contributed by atoms with van der Waals surface area (Å²) in [5.74, 6) is -0.915. The van der Waals surface area contributed by atoms with Gasteiger partial charge in [-0.05, 0) is 37.1 Å². The Bertz CT molecular complexity index is 687. The number of carbonyl (C=O) groups excluding carboxylic acids is 1. The number of rotatable bonds is 4. The van der Waals surface area contributed by atoms with E-state index in [0.29, 0.717) is 11.1 Å². The van der Waals surface area contributed by atoms with Crippen molar-refractivity contribution < 1.29 is 14.3 Å². The Morgan fingerprint density at radius 2 is 1.95 bits per heavy atom. The Balaban J connectivity index is 2.12. The number of hydrogen-bond donors (Lipinski definition) is 2. The van der Waals surface area contributed by atoms with Crippen LogP contribution in [0.15, 0.2) is 42.5 Å². The van der Waals surface area contributed by atoms with E-state index in [1.54, 1.807) is 26.0 Å². The molecular weight excluding hydrogens is 305 g/mol. The van der Waals surface area contributed by atoms with Gasteiger partial charge in [-0.1, -0.05) is 41.9 Å². The number of halogens is 2. The lowest BCUT2D eigenvalue weighted by atomic mass is 9.96. The molecule has 3 nitrogen and oxygen atoms in total. The van der Waals surface area contributed by atoms with E-state index < -0.39 is 17.3 Å². The fraction of sp³-hybridized carbons (Fsp3) is 0.235. The van der Waals surface area contributed by atoms with Crippen LogP contribution in [0.3, 0.4) is 0 Å². The summed E-state index contributed by atoms with van der Waals surface area (Å²) in [6.45, 7) is 3.19. The van der Waals surface area contributed by atoms with Crippen LogP contribution in [0.4, 0.5) is 4.39 Å². The van der Waals surface area contributed by atoms with Gasteiger partial charge in [0.25, 0.3) is 5.91 Å². The van der Waals surface area contributed by atoms with Crippen molar-refractivity contribution in [3.05, 3.63) is 70.0 Å². The molecule has 1 unspecified atom stereocenters. The molecule has 2 aromatic carbocycles. The number of carbonyl (C=O) groups is 1. The fourth-order valence-electron chi connectivity index (χ4n) is 2.08. The molecule has 1 atom stereocenters. The summed E-state index contributed by atoms with van der Waals surface area (Å²) >= 11 is 5.90. The van der Waals surface area contributed by atoms with E-state index >= 15 is 0 Å². The Morgan fingerprint density at radius 1 is 1.32 bits per heavy atom. The lowest BCUT2D eigenvalue weighted by Crippen LogP contribution is -2.38. The van der Waals surface area contributed by atoms with Gasteiger partial charge < -0.3 is 10.4 Å². The highest BCUT2D eigenvalue weighted by molar-refractivity contribution is 6.33. The molecule has 5 heteroatoms. The molecular formula is C17H17ClFNO2. The molecule has 0 spiro atoms. The smallest absolute Gasteiger partial charge is 0.252 e. The van der Waals surface area contributed by atoms with Crippen molar-refractivity contribution in [2.24, 2.45) is 0 Å². The zero-order chi connectivity index (χ0) is 16.3. The molecule has 2 rings (SSSR count). The first kappa shape index (κ1) is 16.5. The highest BCUT2D eigenvalue weighted by atomic mass is 35.5. The minimum absolute atomic E-state index is 0.0165. The molecule has 2 N–H and O–H groups in total. The first-order valence-electron chi connectivity index (χ1n) is 6.83. The second-order valence-electron chi connectivity index (χ2n) is 5.40. The maximum absolute atomic E-state index is 13.4. The molecule has 0 aromatic heterocycles. The van der Waals surface area contributed by atoms with Crippen LogP contribution >= 0.6 is 11.6 Å². The van der Waals surface area contributed by atoms with Crippen molar-refractivity contribution >= 4 is 17.5 Å². The molecule has 0 radical (unpaired) electrons. The molecule has 0 aliphatic rings. The quantitative estimate of drug-likeness (QED) is 0.906. The summed E-state index contributed by atoms with van der Waals surface area (Å²) in [4.78, 5) is 12.2. The number of nitrogens with one attached hydrogen (secondary N) is 1. The Morgan fingerprint density at radius 3 is 2.59 bits per heavy atom. The molecule has 0 saturated carbocycles. The van der Waals surface area contributed by atoms with Gasteiger partial charge in [-0.15, -0.1) is 0 Å². The minimum atomic E-state index is -1.21. The summed E-state index contributed by atoms with van der Waals surface area (Å²) in [5, 5.41) is 13.1. The van der Waals surface area contributed by atoms with Gasteiger partial charge in [0.1, 0.15) is 11.4 Å². The average Bonchev–Trinajstić information content (AvgIpc) is 2.49. The molecule has 0 aliphatic heterocycles. The van der Waals surface area contributed by atoms with Gasteiger partial charge in [0.05, 0.1) is 17.1 Å². The van der Waals surface area contributed by atoms with E-state index in [1.807, 2.05) is 18.2 Å². The average molecular weight is 322 g/mol. The third kappa shape index (κ3) is 3.64. The van der Waals surface area contributed by atoms with E-state index in [0.717, 1.165) is 6.07 Å². The van der Waals surface area contributed by atoms with Crippen molar-refractivity contribution in [3.8, 4) is 0 Å². The van der Waals surface area contributed by atoms with Crippen LogP contribution in [0, 0.1) is 12.7 Å². The van der Waals surface area contributed by atoms with Gasteiger partial charge in [-0.2, -0.15) is 0 Å². The van der Waals surface area contributed by atoms with Crippen molar-refractivity contribution in [2.75, 3.05) is 6.54 Å². The maximum Gasteiger partial charge on any atom is 0.252 e. The van der Waals surface area contributed by atoms with Gasteiger partial charge >= 0.3 is 0 Å². The molecule has 22 heavy (non-hydrogen) atoms. The van der Waals surface area contributed by atoms with Crippen molar-refractivity contribution in [2.45, 2.75) is 19.4 Å². The molecule has 116 valence electrons. The Hall–Kier alpha value is -1.91. The Kier molecular flexibility index (Phi) is 4.84. The summed E-state index contributed by atoms with van der Waals surface area (Å²) < 4.78 is 13.4. The molecule has 1 amide bonds. The highest BCUT2D eigenvalue weighted by Crippen LogP contribution is 2.22. The normalized spacial score (nSPS) is 13.5. The zero-order valence-electron chi connectivity index (χ0n) is 12.4. The Labute approximate surface area is 133 Å². The summed E-state index contributed by atoms with van der Waals surface area (Å²) in [6, 6.07) is 11.5. The second-order valence-corrected chi connectivity index (χ2v) is 5.81. The number of benzene rings is 2. The predicted octanol–water partition coefficient (Wildman–Crippen LogP) is 3.43. The lowest BCUT2D eigenvalue weighted by molar-refractivity contribution is 0.0526. The third-order valence-electron chi connectivity index (χ3n) is 3.48. The molecule has 0 saturated heterocycles. The number of amides is 1. The molecule has 0 bridgehead atoms. The zero-order valence-corrected chi connectivity index (χ0v) is 13.1. The van der Waals surface area contributed by atoms with Gasteiger partial charge in [0.15, 0.2) is 0 Å². The van der Waals surface area contributed by atoms with Gasteiger partial charge in [0.2, 0.25) is 0 Å². The van der Waals surface area contributed by atoms with Gasteiger partial charge in [-0.25, -0.2) is 4.39 Å². The lowest BCUT2D eigenvalue weighted by Gasteiger charge is -2.24. The SMILES string of the molecule is Cc1cc(C(=O)NCC(C)(O)c2ccccc2)c(Cl)cc1F. The summed E-state index contributed by atoms with van der Waals surface area (Å²) in [7, 11) is 0. The van der Waals surface area contributed by atoms with E-state index in [4.69, 9.17) is 11.6 Å². The largest absolute Gasteiger partial charge is 0.384 e. The second kappa shape index (κ2) is 6.46. The first-order chi connectivity index (χ1) is 10.3. The van der Waals surface area contributed by atoms with Crippen LogP contribution in [-0.2, 0) is 5.60 Å². The first-order valence-corrected chi connectivity index (χ1v) is 7.21. The molecule has 0 fully saturated rings. The molecule has 0 heterocycles. The molecule has 2 aromatic rings. The number of hydrogen-bond acceptors (Lipinski definition) is 2. The topological polar surface area (TPSA) is 49.3 Å². The maximum atomic E-state index is 13.4. The van der Waals surface area contributed by atoms with Crippen LogP contribution in [0.1, 0.15) is 28.4 Å². The number of aryl methyl sites for hydroxylation is 1. The fourth-order valence-corrected chi connectivity index (χ4v) is 2.31.